The maximum absolute atomic E-state index is 11.1. The molecule has 1 fully saturated rings. The van der Waals surface area contributed by atoms with Gasteiger partial charge < -0.3 is 15.4 Å². The minimum Gasteiger partial charge on any atom is -0.380 e. The average Bonchev–Trinajstić information content (AvgIpc) is 2.10. The van der Waals surface area contributed by atoms with Crippen LogP contribution in [0.2, 0.25) is 0 Å². The van der Waals surface area contributed by atoms with Gasteiger partial charge in [0.15, 0.2) is 0 Å². The van der Waals surface area contributed by atoms with Crippen LogP contribution in [0.3, 0.4) is 0 Å². The number of rotatable bonds is 6. The highest BCUT2D eigenvalue weighted by molar-refractivity contribution is 5.75. The van der Waals surface area contributed by atoms with Crippen molar-refractivity contribution in [3.8, 4) is 0 Å². The number of hydrogen-bond acceptors (Lipinski definition) is 3. The molecule has 1 aliphatic rings. The summed E-state index contributed by atoms with van der Waals surface area (Å²) >= 11 is 0. The Bertz CT molecular complexity index is 191. The van der Waals surface area contributed by atoms with E-state index in [1.165, 1.54) is 0 Å². The van der Waals surface area contributed by atoms with Gasteiger partial charge >= 0.3 is 0 Å². The van der Waals surface area contributed by atoms with Gasteiger partial charge in [0.1, 0.15) is 0 Å². The van der Waals surface area contributed by atoms with Crippen molar-refractivity contribution in [3.63, 3.8) is 0 Å². The maximum Gasteiger partial charge on any atom is 0.221 e. The fourth-order valence-electron chi connectivity index (χ4n) is 1.43. The fraction of sp³-hybridized carbons (Fsp3) is 0.900. The third kappa shape index (κ3) is 3.64. The highest BCUT2D eigenvalue weighted by atomic mass is 16.5. The SMILES string of the molecule is CCNC(=O)CCNCC1(C)COC1. The van der Waals surface area contributed by atoms with E-state index in [1.807, 2.05) is 6.92 Å². The van der Waals surface area contributed by atoms with Gasteiger partial charge in [0.25, 0.3) is 0 Å². The zero-order chi connectivity index (χ0) is 10.4. The van der Waals surface area contributed by atoms with Crippen LogP contribution < -0.4 is 10.6 Å². The van der Waals surface area contributed by atoms with Crippen LogP contribution in [0.15, 0.2) is 0 Å². The molecule has 0 bridgehead atoms. The Labute approximate surface area is 85.4 Å². The highest BCUT2D eigenvalue weighted by Gasteiger charge is 2.32. The van der Waals surface area contributed by atoms with E-state index in [0.717, 1.165) is 26.3 Å². The molecule has 82 valence electrons. The second-order valence-corrected chi connectivity index (χ2v) is 4.18. The molecule has 1 aliphatic heterocycles. The van der Waals surface area contributed by atoms with Gasteiger partial charge in [-0.2, -0.15) is 0 Å². The Morgan fingerprint density at radius 3 is 2.71 bits per heavy atom. The number of amides is 1. The zero-order valence-electron chi connectivity index (χ0n) is 9.06. The van der Waals surface area contributed by atoms with Crippen molar-refractivity contribution in [3.05, 3.63) is 0 Å². The quantitative estimate of drug-likeness (QED) is 0.600. The van der Waals surface area contributed by atoms with E-state index in [4.69, 9.17) is 4.74 Å². The Kier molecular flexibility index (Phi) is 4.35. The van der Waals surface area contributed by atoms with Gasteiger partial charge in [0.05, 0.1) is 13.2 Å². The molecule has 1 heterocycles. The van der Waals surface area contributed by atoms with Gasteiger partial charge in [-0.25, -0.2) is 0 Å². The second-order valence-electron chi connectivity index (χ2n) is 4.18. The van der Waals surface area contributed by atoms with Gasteiger partial charge in [0.2, 0.25) is 5.91 Å². The molecule has 4 nitrogen and oxygen atoms in total. The number of hydrogen-bond donors (Lipinski definition) is 2. The molecule has 0 aromatic rings. The van der Waals surface area contributed by atoms with Crippen molar-refractivity contribution in [2.24, 2.45) is 5.41 Å². The monoisotopic (exact) mass is 200 g/mol. The molecule has 1 rings (SSSR count). The molecule has 0 saturated carbocycles. The topological polar surface area (TPSA) is 50.4 Å². The summed E-state index contributed by atoms with van der Waals surface area (Å²) in [6.07, 6.45) is 0.560. The Balaban J connectivity index is 1.96. The molecule has 0 spiro atoms. The van der Waals surface area contributed by atoms with Crippen LogP contribution in [0.1, 0.15) is 20.3 Å². The molecule has 14 heavy (non-hydrogen) atoms. The first kappa shape index (κ1) is 11.5. The minimum atomic E-state index is 0.120. The van der Waals surface area contributed by atoms with E-state index in [0.29, 0.717) is 18.4 Å². The second kappa shape index (κ2) is 5.32. The summed E-state index contributed by atoms with van der Waals surface area (Å²) in [6.45, 7) is 8.19. The maximum atomic E-state index is 11.1. The molecular weight excluding hydrogens is 180 g/mol. The van der Waals surface area contributed by atoms with E-state index in [1.54, 1.807) is 0 Å². The van der Waals surface area contributed by atoms with Gasteiger partial charge in [0, 0.05) is 31.5 Å². The van der Waals surface area contributed by atoms with Crippen LogP contribution in [0, 0.1) is 5.41 Å². The molecule has 0 radical (unpaired) electrons. The lowest BCUT2D eigenvalue weighted by molar-refractivity contribution is -0.121. The number of nitrogens with one attached hydrogen (secondary N) is 2. The summed E-state index contributed by atoms with van der Waals surface area (Å²) in [7, 11) is 0. The normalized spacial score (nSPS) is 18.7. The smallest absolute Gasteiger partial charge is 0.221 e. The summed E-state index contributed by atoms with van der Waals surface area (Å²) in [6, 6.07) is 0. The molecule has 0 unspecified atom stereocenters. The lowest BCUT2D eigenvalue weighted by Crippen LogP contribution is -2.47. The van der Waals surface area contributed by atoms with Gasteiger partial charge in [-0.05, 0) is 6.92 Å². The number of carbonyl (C=O) groups excluding carboxylic acids is 1. The lowest BCUT2D eigenvalue weighted by atomic mass is 9.89. The number of ether oxygens (including phenoxy) is 1. The fourth-order valence-corrected chi connectivity index (χ4v) is 1.43. The van der Waals surface area contributed by atoms with Crippen LogP contribution in [0.25, 0.3) is 0 Å². The summed E-state index contributed by atoms with van der Waals surface area (Å²) < 4.78 is 5.14. The Hall–Kier alpha value is -0.610. The first-order valence-corrected chi connectivity index (χ1v) is 5.21. The first-order valence-electron chi connectivity index (χ1n) is 5.21. The Morgan fingerprint density at radius 1 is 1.50 bits per heavy atom. The lowest BCUT2D eigenvalue weighted by Gasteiger charge is -2.38. The van der Waals surface area contributed by atoms with Crippen molar-refractivity contribution in [2.75, 3.05) is 32.8 Å². The van der Waals surface area contributed by atoms with Gasteiger partial charge in [-0.3, -0.25) is 4.79 Å². The highest BCUT2D eigenvalue weighted by Crippen LogP contribution is 2.24. The van der Waals surface area contributed by atoms with Crippen molar-refractivity contribution in [1.82, 2.24) is 10.6 Å². The van der Waals surface area contributed by atoms with E-state index in [-0.39, 0.29) is 5.91 Å². The van der Waals surface area contributed by atoms with E-state index < -0.39 is 0 Å². The van der Waals surface area contributed by atoms with Crippen molar-refractivity contribution < 1.29 is 9.53 Å². The molecule has 0 atom stereocenters. The standard InChI is InChI=1S/C10H20N2O2/c1-3-12-9(13)4-5-11-6-10(2)7-14-8-10/h11H,3-8H2,1-2H3,(H,12,13). The summed E-state index contributed by atoms with van der Waals surface area (Å²) in [4.78, 5) is 11.1. The zero-order valence-corrected chi connectivity index (χ0v) is 9.06. The van der Waals surface area contributed by atoms with Crippen LogP contribution in [0.4, 0.5) is 0 Å². The summed E-state index contributed by atoms with van der Waals surface area (Å²) in [5.41, 5.74) is 0.293. The minimum absolute atomic E-state index is 0.120. The molecule has 2 N–H and O–H groups in total. The average molecular weight is 200 g/mol. The molecule has 0 aliphatic carbocycles. The summed E-state index contributed by atoms with van der Waals surface area (Å²) in [5.74, 6) is 0.120. The van der Waals surface area contributed by atoms with Gasteiger partial charge in [-0.1, -0.05) is 6.92 Å². The third-order valence-electron chi connectivity index (χ3n) is 2.36. The third-order valence-corrected chi connectivity index (χ3v) is 2.36. The Morgan fingerprint density at radius 2 is 2.21 bits per heavy atom. The predicted octanol–water partition coefficient (Wildman–Crippen LogP) is 0.139. The summed E-state index contributed by atoms with van der Waals surface area (Å²) in [5, 5.41) is 6.04. The number of carbonyl (C=O) groups is 1. The van der Waals surface area contributed by atoms with E-state index >= 15 is 0 Å². The van der Waals surface area contributed by atoms with Crippen molar-refractivity contribution in [2.45, 2.75) is 20.3 Å². The molecular formula is C10H20N2O2. The van der Waals surface area contributed by atoms with Crippen molar-refractivity contribution in [1.29, 1.82) is 0 Å². The van der Waals surface area contributed by atoms with Crippen LogP contribution in [0.5, 0.6) is 0 Å². The molecule has 0 aromatic carbocycles. The van der Waals surface area contributed by atoms with E-state index in [2.05, 4.69) is 17.6 Å². The van der Waals surface area contributed by atoms with Crippen LogP contribution in [-0.4, -0.2) is 38.8 Å². The first-order chi connectivity index (χ1) is 6.66. The van der Waals surface area contributed by atoms with Crippen molar-refractivity contribution >= 4 is 5.91 Å². The molecule has 0 aromatic heterocycles. The largest absolute Gasteiger partial charge is 0.380 e. The predicted molar refractivity (Wildman–Crippen MR) is 55.1 cm³/mol. The molecule has 4 heteroatoms. The van der Waals surface area contributed by atoms with Crippen LogP contribution in [-0.2, 0) is 9.53 Å². The van der Waals surface area contributed by atoms with Crippen LogP contribution >= 0.6 is 0 Å². The molecule has 1 saturated heterocycles. The molecule has 1 amide bonds. The van der Waals surface area contributed by atoms with E-state index in [9.17, 15) is 4.79 Å². The van der Waals surface area contributed by atoms with Gasteiger partial charge in [-0.15, -0.1) is 0 Å².